The van der Waals surface area contributed by atoms with Gasteiger partial charge in [0.25, 0.3) is 0 Å². The van der Waals surface area contributed by atoms with Crippen LogP contribution in [0.3, 0.4) is 0 Å². The number of amides is 1. The van der Waals surface area contributed by atoms with Crippen molar-refractivity contribution in [1.29, 1.82) is 0 Å². The number of carbonyl (C=O) groups is 1. The molecule has 0 spiro atoms. The van der Waals surface area contributed by atoms with Crippen molar-refractivity contribution in [2.24, 2.45) is 5.92 Å². The van der Waals surface area contributed by atoms with Crippen molar-refractivity contribution in [3.8, 4) is 0 Å². The van der Waals surface area contributed by atoms with E-state index in [4.69, 9.17) is 0 Å². The van der Waals surface area contributed by atoms with Crippen LogP contribution in [-0.2, 0) is 4.79 Å². The highest BCUT2D eigenvalue weighted by Gasteiger charge is 2.27. The highest BCUT2D eigenvalue weighted by atomic mass is 79.9. The van der Waals surface area contributed by atoms with Crippen LogP contribution in [0.2, 0.25) is 0 Å². The molecule has 1 aromatic carbocycles. The third kappa shape index (κ3) is 5.43. The first-order chi connectivity index (χ1) is 11.6. The summed E-state index contributed by atoms with van der Waals surface area (Å²) in [5.74, 6) is 0.734. The van der Waals surface area contributed by atoms with Crippen LogP contribution in [0.1, 0.15) is 44.2 Å². The maximum absolute atomic E-state index is 12.2. The molecule has 2 aliphatic rings. The Bertz CT molecular complexity index is 565. The van der Waals surface area contributed by atoms with Crippen molar-refractivity contribution >= 4 is 34.2 Å². The highest BCUT2D eigenvalue weighted by Crippen LogP contribution is 2.30. The molecule has 1 amide bonds. The van der Waals surface area contributed by atoms with Crippen LogP contribution in [0.25, 0.3) is 0 Å². The summed E-state index contributed by atoms with van der Waals surface area (Å²) in [7, 11) is 0. The predicted molar refractivity (Wildman–Crippen MR) is 108 cm³/mol. The zero-order valence-electron chi connectivity index (χ0n) is 14.8. The lowest BCUT2D eigenvalue weighted by Gasteiger charge is -2.37. The van der Waals surface area contributed by atoms with Gasteiger partial charge in [-0.2, -0.15) is 0 Å². The topological polar surface area (TPSA) is 44.4 Å². The van der Waals surface area contributed by atoms with Gasteiger partial charge >= 0.3 is 0 Å². The maximum Gasteiger partial charge on any atom is 0.237 e. The summed E-state index contributed by atoms with van der Waals surface area (Å²) in [6.45, 7) is 6.25. The Kier molecular flexibility index (Phi) is 8.20. The SMILES string of the molecule is CC(c1ccccc1Br)N1CCCC(CNC(=O)C2CCCN2)C1.Cl. The van der Waals surface area contributed by atoms with E-state index in [9.17, 15) is 4.79 Å². The van der Waals surface area contributed by atoms with Crippen LogP contribution < -0.4 is 10.6 Å². The molecule has 4 nitrogen and oxygen atoms in total. The fourth-order valence-corrected chi connectivity index (χ4v) is 4.52. The fraction of sp³-hybridized carbons (Fsp3) is 0.632. The predicted octanol–water partition coefficient (Wildman–Crippen LogP) is 3.51. The van der Waals surface area contributed by atoms with Crippen LogP contribution >= 0.6 is 28.3 Å². The Morgan fingerprint density at radius 2 is 2.16 bits per heavy atom. The molecule has 3 atom stereocenters. The van der Waals surface area contributed by atoms with Crippen molar-refractivity contribution in [2.75, 3.05) is 26.2 Å². The Morgan fingerprint density at radius 1 is 1.36 bits per heavy atom. The Hall–Kier alpha value is -0.620. The van der Waals surface area contributed by atoms with Gasteiger partial charge in [-0.3, -0.25) is 9.69 Å². The lowest BCUT2D eigenvalue weighted by atomic mass is 9.95. The lowest BCUT2D eigenvalue weighted by molar-refractivity contribution is -0.123. The smallest absolute Gasteiger partial charge is 0.237 e. The largest absolute Gasteiger partial charge is 0.354 e. The van der Waals surface area contributed by atoms with E-state index < -0.39 is 0 Å². The van der Waals surface area contributed by atoms with Gasteiger partial charge in [0, 0.05) is 23.6 Å². The minimum absolute atomic E-state index is 0. The van der Waals surface area contributed by atoms with Crippen LogP contribution in [0.5, 0.6) is 0 Å². The molecule has 0 radical (unpaired) electrons. The maximum atomic E-state index is 12.2. The molecule has 25 heavy (non-hydrogen) atoms. The van der Waals surface area contributed by atoms with Gasteiger partial charge in [0.15, 0.2) is 0 Å². The van der Waals surface area contributed by atoms with Gasteiger partial charge in [-0.05, 0) is 63.2 Å². The molecular weight excluding hydrogens is 402 g/mol. The molecule has 2 N–H and O–H groups in total. The molecule has 0 bridgehead atoms. The summed E-state index contributed by atoms with van der Waals surface area (Å²) in [5, 5.41) is 6.44. The number of hydrogen-bond donors (Lipinski definition) is 2. The zero-order valence-corrected chi connectivity index (χ0v) is 17.2. The lowest BCUT2D eigenvalue weighted by Crippen LogP contribution is -2.45. The minimum Gasteiger partial charge on any atom is -0.354 e. The van der Waals surface area contributed by atoms with Crippen LogP contribution in [0.15, 0.2) is 28.7 Å². The summed E-state index contributed by atoms with van der Waals surface area (Å²) < 4.78 is 1.18. The van der Waals surface area contributed by atoms with Gasteiger partial charge in [-0.15, -0.1) is 12.4 Å². The monoisotopic (exact) mass is 429 g/mol. The van der Waals surface area contributed by atoms with Gasteiger partial charge in [-0.25, -0.2) is 0 Å². The highest BCUT2D eigenvalue weighted by molar-refractivity contribution is 9.10. The van der Waals surface area contributed by atoms with Crippen LogP contribution in [0, 0.1) is 5.92 Å². The number of hydrogen-bond acceptors (Lipinski definition) is 3. The number of piperidine rings is 1. The average Bonchev–Trinajstić information content (AvgIpc) is 3.14. The van der Waals surface area contributed by atoms with E-state index in [1.165, 1.54) is 22.9 Å². The summed E-state index contributed by atoms with van der Waals surface area (Å²) in [6, 6.07) is 8.91. The second-order valence-corrected chi connectivity index (χ2v) is 7.95. The molecule has 2 fully saturated rings. The molecule has 3 rings (SSSR count). The number of nitrogens with zero attached hydrogens (tertiary/aromatic N) is 1. The Balaban J connectivity index is 0.00000225. The van der Waals surface area contributed by atoms with Crippen molar-refractivity contribution in [2.45, 2.75) is 44.7 Å². The minimum atomic E-state index is 0. The zero-order chi connectivity index (χ0) is 16.9. The number of halogens is 2. The summed E-state index contributed by atoms with van der Waals surface area (Å²) in [6.07, 6.45) is 4.50. The van der Waals surface area contributed by atoms with Gasteiger partial charge in [0.05, 0.1) is 6.04 Å². The molecule has 0 aromatic heterocycles. The summed E-state index contributed by atoms with van der Waals surface area (Å²) >= 11 is 3.68. The van der Waals surface area contributed by atoms with E-state index >= 15 is 0 Å². The average molecular weight is 431 g/mol. The molecule has 0 saturated carbocycles. The molecule has 6 heteroatoms. The van der Waals surface area contributed by atoms with Gasteiger partial charge in [0.1, 0.15) is 0 Å². The Labute approximate surface area is 165 Å². The second kappa shape index (κ2) is 9.91. The quantitative estimate of drug-likeness (QED) is 0.751. The van der Waals surface area contributed by atoms with Gasteiger partial charge in [0.2, 0.25) is 5.91 Å². The third-order valence-electron chi connectivity index (χ3n) is 5.40. The fourth-order valence-electron chi connectivity index (χ4n) is 3.90. The number of rotatable bonds is 5. The molecule has 2 saturated heterocycles. The van der Waals surface area contributed by atoms with E-state index in [2.05, 4.69) is 62.7 Å². The van der Waals surface area contributed by atoms with Crippen molar-refractivity contribution in [3.63, 3.8) is 0 Å². The number of likely N-dealkylation sites (tertiary alicyclic amines) is 1. The van der Waals surface area contributed by atoms with E-state index in [1.54, 1.807) is 0 Å². The first kappa shape index (κ1) is 20.7. The molecule has 2 aliphatic heterocycles. The number of carbonyl (C=O) groups excluding carboxylic acids is 1. The number of benzene rings is 1. The van der Waals surface area contributed by atoms with Crippen LogP contribution in [-0.4, -0.2) is 43.0 Å². The molecular formula is C19H29BrClN3O. The first-order valence-corrected chi connectivity index (χ1v) is 9.94. The number of nitrogens with one attached hydrogen (secondary N) is 2. The van der Waals surface area contributed by atoms with E-state index in [0.717, 1.165) is 39.0 Å². The molecule has 140 valence electrons. The van der Waals surface area contributed by atoms with Crippen LogP contribution in [0.4, 0.5) is 0 Å². The van der Waals surface area contributed by atoms with E-state index in [0.29, 0.717) is 12.0 Å². The van der Waals surface area contributed by atoms with E-state index in [1.807, 2.05) is 0 Å². The standard InChI is InChI=1S/C19H28BrN3O.ClH/c1-14(16-7-2-3-8-17(16)20)23-11-5-6-15(13-23)12-22-19(24)18-9-4-10-21-18;/h2-3,7-8,14-15,18,21H,4-6,9-13H2,1H3,(H,22,24);1H. The molecule has 0 aliphatic carbocycles. The van der Waals surface area contributed by atoms with E-state index in [-0.39, 0.29) is 24.4 Å². The summed E-state index contributed by atoms with van der Waals surface area (Å²) in [5.41, 5.74) is 1.34. The molecule has 1 aromatic rings. The van der Waals surface area contributed by atoms with Crippen molar-refractivity contribution in [3.05, 3.63) is 34.3 Å². The van der Waals surface area contributed by atoms with Crippen molar-refractivity contribution in [1.82, 2.24) is 15.5 Å². The Morgan fingerprint density at radius 3 is 2.88 bits per heavy atom. The summed E-state index contributed by atoms with van der Waals surface area (Å²) in [4.78, 5) is 14.7. The second-order valence-electron chi connectivity index (χ2n) is 7.09. The molecule has 3 unspecified atom stereocenters. The normalized spacial score (nSPS) is 25.2. The van der Waals surface area contributed by atoms with Gasteiger partial charge < -0.3 is 10.6 Å². The van der Waals surface area contributed by atoms with Gasteiger partial charge in [-0.1, -0.05) is 34.1 Å². The third-order valence-corrected chi connectivity index (χ3v) is 6.12. The molecule has 2 heterocycles. The van der Waals surface area contributed by atoms with Crippen molar-refractivity contribution < 1.29 is 4.79 Å². The first-order valence-electron chi connectivity index (χ1n) is 9.14.